The van der Waals surface area contributed by atoms with E-state index in [0.717, 1.165) is 29.8 Å². The summed E-state index contributed by atoms with van der Waals surface area (Å²) in [5, 5.41) is 4.12. The van der Waals surface area contributed by atoms with Gasteiger partial charge in [-0.1, -0.05) is 50.3 Å². The lowest BCUT2D eigenvalue weighted by molar-refractivity contribution is 0.0946. The van der Waals surface area contributed by atoms with Crippen LogP contribution < -0.4 is 5.32 Å². The Hall–Kier alpha value is -1.77. The van der Waals surface area contributed by atoms with Crippen molar-refractivity contribution < 1.29 is 4.79 Å². The van der Waals surface area contributed by atoms with Crippen molar-refractivity contribution in [2.75, 3.05) is 6.54 Å². The molecular weight excluding hydrogens is 248 g/mol. The molecule has 1 heterocycles. The summed E-state index contributed by atoms with van der Waals surface area (Å²) in [5.41, 5.74) is 1.68. The average molecular weight is 270 g/mol. The van der Waals surface area contributed by atoms with E-state index in [1.54, 1.807) is 0 Å². The van der Waals surface area contributed by atoms with E-state index in [2.05, 4.69) is 10.3 Å². The predicted molar refractivity (Wildman–Crippen MR) is 81.8 cm³/mol. The molecule has 1 saturated carbocycles. The second-order valence-electron chi connectivity index (χ2n) is 5.82. The van der Waals surface area contributed by atoms with Gasteiger partial charge in [0.15, 0.2) is 0 Å². The number of nitrogens with one attached hydrogen (secondary N) is 2. The maximum atomic E-state index is 12.1. The lowest BCUT2D eigenvalue weighted by Gasteiger charge is -2.21. The summed E-state index contributed by atoms with van der Waals surface area (Å²) in [6, 6.07) is 9.90. The SMILES string of the molecule is O=C(NCCC1CCCCC1)c1cc2ccccc2[nH]1. The van der Waals surface area contributed by atoms with Crippen LogP contribution in [0.5, 0.6) is 0 Å². The number of rotatable bonds is 4. The van der Waals surface area contributed by atoms with Crippen LogP contribution in [0, 0.1) is 5.92 Å². The number of hydrogen-bond acceptors (Lipinski definition) is 1. The highest BCUT2D eigenvalue weighted by molar-refractivity contribution is 5.97. The van der Waals surface area contributed by atoms with E-state index in [1.165, 1.54) is 32.1 Å². The number of fused-ring (bicyclic) bond motifs is 1. The molecule has 1 aromatic heterocycles. The Morgan fingerprint density at radius 1 is 1.20 bits per heavy atom. The molecule has 1 aromatic carbocycles. The number of benzene rings is 1. The quantitative estimate of drug-likeness (QED) is 0.870. The average Bonchev–Trinajstić information content (AvgIpc) is 2.92. The van der Waals surface area contributed by atoms with Crippen molar-refractivity contribution in [3.05, 3.63) is 36.0 Å². The number of amides is 1. The molecule has 1 aliphatic carbocycles. The molecular formula is C17H22N2O. The largest absolute Gasteiger partial charge is 0.351 e. The molecule has 2 N–H and O–H groups in total. The van der Waals surface area contributed by atoms with E-state index in [-0.39, 0.29) is 5.91 Å². The minimum atomic E-state index is 0.0111. The molecule has 2 aromatic rings. The smallest absolute Gasteiger partial charge is 0.267 e. The van der Waals surface area contributed by atoms with Crippen molar-refractivity contribution in [3.63, 3.8) is 0 Å². The highest BCUT2D eigenvalue weighted by Crippen LogP contribution is 2.25. The molecule has 1 aliphatic rings. The fourth-order valence-electron chi connectivity index (χ4n) is 3.16. The second-order valence-corrected chi connectivity index (χ2v) is 5.82. The number of carbonyl (C=O) groups is 1. The van der Waals surface area contributed by atoms with Gasteiger partial charge in [-0.2, -0.15) is 0 Å². The molecule has 0 unspecified atom stereocenters. The van der Waals surface area contributed by atoms with Crippen molar-refractivity contribution in [3.8, 4) is 0 Å². The number of para-hydroxylation sites is 1. The number of hydrogen-bond donors (Lipinski definition) is 2. The van der Waals surface area contributed by atoms with E-state index in [4.69, 9.17) is 0 Å². The van der Waals surface area contributed by atoms with Gasteiger partial charge in [0.05, 0.1) is 0 Å². The van der Waals surface area contributed by atoms with Crippen molar-refractivity contribution in [1.82, 2.24) is 10.3 Å². The first kappa shape index (κ1) is 13.2. The lowest BCUT2D eigenvalue weighted by Crippen LogP contribution is -2.26. The van der Waals surface area contributed by atoms with Gasteiger partial charge >= 0.3 is 0 Å². The molecule has 3 heteroatoms. The molecule has 0 aliphatic heterocycles. The minimum absolute atomic E-state index is 0.0111. The minimum Gasteiger partial charge on any atom is -0.351 e. The van der Waals surface area contributed by atoms with Crippen LogP contribution in [-0.4, -0.2) is 17.4 Å². The van der Waals surface area contributed by atoms with E-state index < -0.39 is 0 Å². The molecule has 0 bridgehead atoms. The normalized spacial score (nSPS) is 16.4. The maximum absolute atomic E-state index is 12.1. The summed E-state index contributed by atoms with van der Waals surface area (Å²) >= 11 is 0. The van der Waals surface area contributed by atoms with E-state index in [1.807, 2.05) is 30.3 Å². The molecule has 3 rings (SSSR count). The van der Waals surface area contributed by atoms with Gasteiger partial charge in [-0.3, -0.25) is 4.79 Å². The van der Waals surface area contributed by atoms with Gasteiger partial charge in [0.25, 0.3) is 5.91 Å². The fourth-order valence-corrected chi connectivity index (χ4v) is 3.16. The first-order valence-corrected chi connectivity index (χ1v) is 7.69. The third-order valence-electron chi connectivity index (χ3n) is 4.34. The van der Waals surface area contributed by atoms with Crippen LogP contribution in [0.1, 0.15) is 49.0 Å². The summed E-state index contributed by atoms with van der Waals surface area (Å²) in [7, 11) is 0. The van der Waals surface area contributed by atoms with Gasteiger partial charge < -0.3 is 10.3 Å². The Balaban J connectivity index is 1.53. The van der Waals surface area contributed by atoms with Crippen molar-refractivity contribution >= 4 is 16.8 Å². The monoisotopic (exact) mass is 270 g/mol. The third-order valence-corrected chi connectivity index (χ3v) is 4.34. The third kappa shape index (κ3) is 3.03. The van der Waals surface area contributed by atoms with Gasteiger partial charge in [0.1, 0.15) is 5.69 Å². The summed E-state index contributed by atoms with van der Waals surface area (Å²) in [4.78, 5) is 15.3. The zero-order valence-corrected chi connectivity index (χ0v) is 11.8. The van der Waals surface area contributed by atoms with Crippen LogP contribution in [-0.2, 0) is 0 Å². The Kier molecular flexibility index (Phi) is 4.05. The maximum Gasteiger partial charge on any atom is 0.267 e. The van der Waals surface area contributed by atoms with Gasteiger partial charge in [-0.15, -0.1) is 0 Å². The van der Waals surface area contributed by atoms with Gasteiger partial charge in [-0.25, -0.2) is 0 Å². The Morgan fingerprint density at radius 3 is 2.80 bits per heavy atom. The second kappa shape index (κ2) is 6.12. The van der Waals surface area contributed by atoms with E-state index in [9.17, 15) is 4.79 Å². The molecule has 0 saturated heterocycles. The zero-order chi connectivity index (χ0) is 13.8. The van der Waals surface area contributed by atoms with Crippen LogP contribution in [0.25, 0.3) is 10.9 Å². The Labute approximate surface area is 119 Å². The van der Waals surface area contributed by atoms with Crippen LogP contribution in [0.15, 0.2) is 30.3 Å². The van der Waals surface area contributed by atoms with E-state index >= 15 is 0 Å². The Bertz CT molecular complexity index is 548. The summed E-state index contributed by atoms with van der Waals surface area (Å²) in [5.74, 6) is 0.823. The number of aromatic amines is 1. The lowest BCUT2D eigenvalue weighted by atomic mass is 9.87. The highest BCUT2D eigenvalue weighted by atomic mass is 16.1. The molecule has 3 nitrogen and oxygen atoms in total. The summed E-state index contributed by atoms with van der Waals surface area (Å²) in [6.45, 7) is 0.791. The van der Waals surface area contributed by atoms with Gasteiger partial charge in [-0.05, 0) is 24.5 Å². The van der Waals surface area contributed by atoms with Crippen LogP contribution in [0.4, 0.5) is 0 Å². The van der Waals surface area contributed by atoms with Crippen LogP contribution in [0.3, 0.4) is 0 Å². The molecule has 0 spiro atoms. The number of carbonyl (C=O) groups excluding carboxylic acids is 1. The number of H-pyrrole nitrogens is 1. The first-order valence-electron chi connectivity index (χ1n) is 7.69. The summed E-state index contributed by atoms with van der Waals surface area (Å²) < 4.78 is 0. The zero-order valence-electron chi connectivity index (χ0n) is 11.8. The van der Waals surface area contributed by atoms with Crippen molar-refractivity contribution in [2.24, 2.45) is 5.92 Å². The number of aromatic nitrogens is 1. The molecule has 20 heavy (non-hydrogen) atoms. The van der Waals surface area contributed by atoms with E-state index in [0.29, 0.717) is 5.69 Å². The van der Waals surface area contributed by atoms with Crippen LogP contribution in [0.2, 0.25) is 0 Å². The summed E-state index contributed by atoms with van der Waals surface area (Å²) in [6.07, 6.45) is 7.90. The molecule has 1 fully saturated rings. The van der Waals surface area contributed by atoms with Crippen molar-refractivity contribution in [2.45, 2.75) is 38.5 Å². The van der Waals surface area contributed by atoms with Gasteiger partial charge in [0.2, 0.25) is 0 Å². The van der Waals surface area contributed by atoms with Gasteiger partial charge in [0, 0.05) is 17.4 Å². The molecule has 0 atom stereocenters. The predicted octanol–water partition coefficient (Wildman–Crippen LogP) is 3.87. The topological polar surface area (TPSA) is 44.9 Å². The Morgan fingerprint density at radius 2 is 2.00 bits per heavy atom. The first-order chi connectivity index (χ1) is 9.83. The van der Waals surface area contributed by atoms with Crippen LogP contribution >= 0.6 is 0 Å². The molecule has 106 valence electrons. The molecule has 1 amide bonds. The highest BCUT2D eigenvalue weighted by Gasteiger charge is 2.14. The fraction of sp³-hybridized carbons (Fsp3) is 0.471. The standard InChI is InChI=1S/C17H22N2O/c20-17(18-11-10-13-6-2-1-3-7-13)16-12-14-8-4-5-9-15(14)19-16/h4-5,8-9,12-13,19H,1-3,6-7,10-11H2,(H,18,20). The molecule has 0 radical (unpaired) electrons. The van der Waals surface area contributed by atoms with Crippen molar-refractivity contribution in [1.29, 1.82) is 0 Å².